The van der Waals surface area contributed by atoms with E-state index in [1.54, 1.807) is 0 Å². The minimum absolute atomic E-state index is 0.104. The number of benzene rings is 1. The van der Waals surface area contributed by atoms with Gasteiger partial charge in [-0.25, -0.2) is 19.3 Å². The van der Waals surface area contributed by atoms with Crippen LogP contribution >= 0.6 is 0 Å². The van der Waals surface area contributed by atoms with E-state index in [-0.39, 0.29) is 35.3 Å². The summed E-state index contributed by atoms with van der Waals surface area (Å²) >= 11 is 0. The molecule has 14 heteroatoms. The van der Waals surface area contributed by atoms with Crippen molar-refractivity contribution in [1.82, 2.24) is 24.9 Å². The summed E-state index contributed by atoms with van der Waals surface area (Å²) < 4.78 is 92.9. The van der Waals surface area contributed by atoms with E-state index in [1.165, 1.54) is 18.6 Å². The van der Waals surface area contributed by atoms with Crippen molar-refractivity contribution >= 4 is 5.95 Å². The normalized spacial score (nSPS) is 13.0. The molecule has 0 saturated carbocycles. The van der Waals surface area contributed by atoms with Crippen molar-refractivity contribution in [2.45, 2.75) is 18.4 Å². The number of pyridine rings is 1. The lowest BCUT2D eigenvalue weighted by molar-refractivity contribution is -0.138. The molecular formula is C22H16F7N7. The Hall–Kier alpha value is -4.07. The molecule has 0 aliphatic carbocycles. The number of imidazole rings is 1. The number of nitrogens with zero attached hydrogens (tertiary/aromatic N) is 4. The van der Waals surface area contributed by atoms with Crippen molar-refractivity contribution in [3.63, 3.8) is 0 Å². The number of halogens is 7. The van der Waals surface area contributed by atoms with Gasteiger partial charge in [0.05, 0.1) is 34.1 Å². The van der Waals surface area contributed by atoms with E-state index in [4.69, 9.17) is 5.73 Å². The molecule has 1 unspecified atom stereocenters. The zero-order valence-electron chi connectivity index (χ0n) is 18.0. The van der Waals surface area contributed by atoms with Crippen LogP contribution in [0.2, 0.25) is 0 Å². The van der Waals surface area contributed by atoms with Crippen LogP contribution in [0.25, 0.3) is 22.6 Å². The lowest BCUT2D eigenvalue weighted by Gasteiger charge is -2.17. The molecule has 4 aromatic rings. The van der Waals surface area contributed by atoms with Crippen LogP contribution in [0, 0.1) is 5.82 Å². The fourth-order valence-corrected chi connectivity index (χ4v) is 3.31. The van der Waals surface area contributed by atoms with Gasteiger partial charge in [-0.1, -0.05) is 0 Å². The van der Waals surface area contributed by atoms with E-state index in [0.29, 0.717) is 12.3 Å². The molecule has 0 spiro atoms. The first kappa shape index (κ1) is 25.0. The fourth-order valence-electron chi connectivity index (χ4n) is 3.31. The number of H-pyrrole nitrogens is 1. The molecule has 4 N–H and O–H groups in total. The lowest BCUT2D eigenvalue weighted by atomic mass is 10.00. The molecular weight excluding hydrogens is 495 g/mol. The predicted molar refractivity (Wildman–Crippen MR) is 115 cm³/mol. The maximum atomic E-state index is 13.7. The molecule has 0 amide bonds. The lowest BCUT2D eigenvalue weighted by Crippen LogP contribution is -2.23. The first-order chi connectivity index (χ1) is 16.9. The van der Waals surface area contributed by atoms with Crippen LogP contribution in [0.3, 0.4) is 0 Å². The van der Waals surface area contributed by atoms with E-state index < -0.39 is 40.9 Å². The third kappa shape index (κ3) is 5.43. The number of nitrogens with two attached hydrogens (primary N) is 1. The van der Waals surface area contributed by atoms with Crippen LogP contribution in [0.15, 0.2) is 55.1 Å². The Morgan fingerprint density at radius 3 is 2.31 bits per heavy atom. The molecule has 7 nitrogen and oxygen atoms in total. The Morgan fingerprint density at radius 2 is 1.69 bits per heavy atom. The second-order valence-corrected chi connectivity index (χ2v) is 7.54. The summed E-state index contributed by atoms with van der Waals surface area (Å²) in [7, 11) is 0. The molecule has 0 saturated heterocycles. The third-order valence-electron chi connectivity index (χ3n) is 5.06. The van der Waals surface area contributed by atoms with Crippen LogP contribution in [0.5, 0.6) is 0 Å². The van der Waals surface area contributed by atoms with E-state index in [2.05, 4.69) is 30.2 Å². The molecule has 1 aromatic carbocycles. The highest BCUT2D eigenvalue weighted by Gasteiger charge is 2.35. The number of alkyl halides is 6. The van der Waals surface area contributed by atoms with Crippen molar-refractivity contribution in [2.75, 3.05) is 11.9 Å². The van der Waals surface area contributed by atoms with Gasteiger partial charge in [-0.15, -0.1) is 0 Å². The van der Waals surface area contributed by atoms with Gasteiger partial charge in [0, 0.05) is 36.9 Å². The molecule has 3 aromatic heterocycles. The molecule has 0 aliphatic heterocycles. The number of hydrogen-bond acceptors (Lipinski definition) is 6. The summed E-state index contributed by atoms with van der Waals surface area (Å²) in [5.41, 5.74) is 3.48. The van der Waals surface area contributed by atoms with Crippen molar-refractivity contribution in [2.24, 2.45) is 5.73 Å². The average Bonchev–Trinajstić information content (AvgIpc) is 3.36. The minimum atomic E-state index is -4.88. The largest absolute Gasteiger partial charge is 0.417 e. The number of aromatic amines is 1. The third-order valence-corrected chi connectivity index (χ3v) is 5.06. The Kier molecular flexibility index (Phi) is 6.63. The van der Waals surface area contributed by atoms with Crippen LogP contribution in [0.4, 0.5) is 36.7 Å². The molecule has 1 atom stereocenters. The Morgan fingerprint density at radius 1 is 0.917 bits per heavy atom. The Balaban J connectivity index is 1.66. The Bertz CT molecular complexity index is 1330. The number of anilines is 1. The van der Waals surface area contributed by atoms with Gasteiger partial charge in [0.15, 0.2) is 0 Å². The van der Waals surface area contributed by atoms with Crippen LogP contribution < -0.4 is 11.1 Å². The molecule has 0 fully saturated rings. The maximum Gasteiger partial charge on any atom is 0.417 e. The molecule has 188 valence electrons. The van der Waals surface area contributed by atoms with Gasteiger partial charge in [0.2, 0.25) is 5.95 Å². The van der Waals surface area contributed by atoms with E-state index in [9.17, 15) is 30.7 Å². The van der Waals surface area contributed by atoms with Gasteiger partial charge >= 0.3 is 12.4 Å². The zero-order chi connectivity index (χ0) is 26.1. The highest BCUT2D eigenvalue weighted by molar-refractivity contribution is 5.79. The smallest absolute Gasteiger partial charge is 0.352 e. The van der Waals surface area contributed by atoms with Crippen molar-refractivity contribution in [1.29, 1.82) is 0 Å². The number of hydrogen-bond donors (Lipinski definition) is 3. The van der Waals surface area contributed by atoms with Crippen LogP contribution in [-0.2, 0) is 12.4 Å². The average molecular weight is 511 g/mol. The van der Waals surface area contributed by atoms with Gasteiger partial charge in [0.25, 0.3) is 0 Å². The molecule has 36 heavy (non-hydrogen) atoms. The highest BCUT2D eigenvalue weighted by Crippen LogP contribution is 2.40. The van der Waals surface area contributed by atoms with Gasteiger partial charge in [-0.3, -0.25) is 4.98 Å². The molecule has 0 radical (unpaired) electrons. The van der Waals surface area contributed by atoms with Crippen molar-refractivity contribution in [3.05, 3.63) is 77.8 Å². The van der Waals surface area contributed by atoms with Gasteiger partial charge < -0.3 is 16.0 Å². The summed E-state index contributed by atoms with van der Waals surface area (Å²) in [6.45, 7) is -0.104. The molecule has 4 rings (SSSR count). The predicted octanol–water partition coefficient (Wildman–Crippen LogP) is 5.22. The summed E-state index contributed by atoms with van der Waals surface area (Å²) in [5, 5.41) is 2.74. The SMILES string of the molecule is NC(CNc1ncc(-c2ncc[nH]2)c(-c2ccc(F)cc2C(F)(F)F)n1)c1ccc(C(F)(F)F)cn1. The van der Waals surface area contributed by atoms with E-state index in [0.717, 1.165) is 24.3 Å². The second kappa shape index (κ2) is 9.53. The van der Waals surface area contributed by atoms with Crippen LogP contribution in [-0.4, -0.2) is 31.5 Å². The summed E-state index contributed by atoms with van der Waals surface area (Å²) in [6.07, 6.45) is -4.71. The standard InChI is InChI=1S/C22H16F7N7/c23-12-2-3-13(15(7-12)22(27,28)29)18-14(19-31-5-6-32-19)9-34-20(36-18)35-10-16(30)17-4-1-11(8-33-17)21(24,25)26/h1-9,16H,10,30H2,(H,31,32)(H,34,35,36). The van der Waals surface area contributed by atoms with Crippen molar-refractivity contribution in [3.8, 4) is 22.6 Å². The summed E-state index contributed by atoms with van der Waals surface area (Å²) in [4.78, 5) is 18.8. The van der Waals surface area contributed by atoms with Gasteiger partial charge in [0.1, 0.15) is 11.6 Å². The Labute approximate surface area is 198 Å². The molecule has 0 aliphatic rings. The maximum absolute atomic E-state index is 13.7. The van der Waals surface area contributed by atoms with Gasteiger partial charge in [-0.05, 0) is 30.3 Å². The van der Waals surface area contributed by atoms with Gasteiger partial charge in [-0.2, -0.15) is 26.3 Å². The monoisotopic (exact) mass is 511 g/mol. The minimum Gasteiger partial charge on any atom is -0.352 e. The highest BCUT2D eigenvalue weighted by atomic mass is 19.4. The molecule has 0 bridgehead atoms. The fraction of sp³-hybridized carbons (Fsp3) is 0.182. The van der Waals surface area contributed by atoms with E-state index >= 15 is 0 Å². The van der Waals surface area contributed by atoms with Crippen molar-refractivity contribution < 1.29 is 30.7 Å². The second-order valence-electron chi connectivity index (χ2n) is 7.54. The first-order valence-electron chi connectivity index (χ1n) is 10.2. The molecule has 3 heterocycles. The topological polar surface area (TPSA) is 105 Å². The zero-order valence-corrected chi connectivity index (χ0v) is 18.0. The number of aromatic nitrogens is 5. The van der Waals surface area contributed by atoms with Crippen LogP contribution in [0.1, 0.15) is 22.9 Å². The summed E-state index contributed by atoms with van der Waals surface area (Å²) in [6, 6.07) is 3.26. The first-order valence-corrected chi connectivity index (χ1v) is 10.2. The van der Waals surface area contributed by atoms with E-state index in [1.807, 2.05) is 0 Å². The quantitative estimate of drug-likeness (QED) is 0.307. The summed E-state index contributed by atoms with van der Waals surface area (Å²) in [5.74, 6) is -1.02. The number of nitrogens with one attached hydrogen (secondary N) is 2. The number of rotatable bonds is 6.